The fraction of sp³-hybridized carbons (Fsp3) is 0.560. The SMILES string of the molecule is C[C@@H]1CN(c2cc(-n3ncc4ccc(C5(C)CCC5)cc43)ncn2)CCN1[C@@H]1CCOC1. The van der Waals surface area contributed by atoms with Crippen LogP contribution in [0, 0.1) is 0 Å². The van der Waals surface area contributed by atoms with Gasteiger partial charge in [-0.15, -0.1) is 0 Å². The van der Waals surface area contributed by atoms with E-state index in [1.807, 2.05) is 10.9 Å². The minimum atomic E-state index is 0.306. The smallest absolute Gasteiger partial charge is 0.159 e. The zero-order chi connectivity index (χ0) is 21.7. The Bertz CT molecular complexity index is 1120. The summed E-state index contributed by atoms with van der Waals surface area (Å²) in [5, 5.41) is 5.83. The van der Waals surface area contributed by atoms with Crippen LogP contribution >= 0.6 is 0 Å². The molecule has 2 aliphatic heterocycles. The van der Waals surface area contributed by atoms with E-state index in [9.17, 15) is 0 Å². The van der Waals surface area contributed by atoms with E-state index in [1.165, 1.54) is 24.8 Å². The van der Waals surface area contributed by atoms with E-state index in [-0.39, 0.29) is 0 Å². The largest absolute Gasteiger partial charge is 0.380 e. The Hall–Kier alpha value is -2.51. The molecule has 6 rings (SSSR count). The summed E-state index contributed by atoms with van der Waals surface area (Å²) in [4.78, 5) is 14.2. The summed E-state index contributed by atoms with van der Waals surface area (Å²) in [6.45, 7) is 9.44. The molecule has 0 unspecified atom stereocenters. The lowest BCUT2D eigenvalue weighted by atomic mass is 9.66. The number of aromatic nitrogens is 4. The van der Waals surface area contributed by atoms with Crippen LogP contribution in [0.5, 0.6) is 0 Å². The van der Waals surface area contributed by atoms with Crippen molar-refractivity contribution in [2.75, 3.05) is 37.7 Å². The topological polar surface area (TPSA) is 59.3 Å². The number of ether oxygens (including phenoxy) is 1. The lowest BCUT2D eigenvalue weighted by molar-refractivity contribution is 0.105. The van der Waals surface area contributed by atoms with Gasteiger partial charge in [-0.1, -0.05) is 25.5 Å². The minimum Gasteiger partial charge on any atom is -0.380 e. The minimum absolute atomic E-state index is 0.306. The second kappa shape index (κ2) is 7.81. The average molecular weight is 433 g/mol. The number of hydrogen-bond acceptors (Lipinski definition) is 6. The maximum atomic E-state index is 5.62. The van der Waals surface area contributed by atoms with Gasteiger partial charge in [0, 0.05) is 49.8 Å². The molecule has 0 spiro atoms. The molecule has 3 fully saturated rings. The first-order valence-electron chi connectivity index (χ1n) is 12.0. The summed E-state index contributed by atoms with van der Waals surface area (Å²) in [6.07, 6.45) is 8.62. The molecular formula is C25H32N6O. The van der Waals surface area contributed by atoms with Gasteiger partial charge in [0.15, 0.2) is 5.82 Å². The van der Waals surface area contributed by atoms with Crippen LogP contribution in [0.15, 0.2) is 36.8 Å². The third-order valence-electron chi connectivity index (χ3n) is 7.96. The van der Waals surface area contributed by atoms with E-state index < -0.39 is 0 Å². The molecule has 2 atom stereocenters. The number of fused-ring (bicyclic) bond motifs is 1. The Morgan fingerprint density at radius 2 is 1.97 bits per heavy atom. The van der Waals surface area contributed by atoms with Gasteiger partial charge >= 0.3 is 0 Å². The number of nitrogens with zero attached hydrogens (tertiary/aromatic N) is 6. The van der Waals surface area contributed by atoms with Crippen LogP contribution in [0.1, 0.15) is 45.1 Å². The van der Waals surface area contributed by atoms with E-state index in [0.29, 0.717) is 17.5 Å². The summed E-state index contributed by atoms with van der Waals surface area (Å²) in [5.74, 6) is 1.81. The molecule has 7 heteroatoms. The first-order valence-corrected chi connectivity index (χ1v) is 12.0. The van der Waals surface area contributed by atoms with Crippen LogP contribution in [0.4, 0.5) is 5.82 Å². The predicted molar refractivity (Wildman–Crippen MR) is 125 cm³/mol. The molecule has 4 heterocycles. The molecule has 0 radical (unpaired) electrons. The molecule has 0 bridgehead atoms. The standard InChI is InChI=1S/C25H32N6O/c1-18-15-29(9-10-30(18)21-6-11-32-16-21)23-13-24(27-17-26-23)31-22-12-20(25(2)7-3-8-25)5-4-19(22)14-28-31/h4-5,12-14,17-18,21H,3,6-11,15-16H2,1-2H3/t18-,21-/m1/s1. The van der Waals surface area contributed by atoms with E-state index in [4.69, 9.17) is 4.74 Å². The second-order valence-electron chi connectivity index (χ2n) is 10.0. The maximum Gasteiger partial charge on any atom is 0.159 e. The van der Waals surface area contributed by atoms with Crippen molar-refractivity contribution in [3.8, 4) is 5.82 Å². The van der Waals surface area contributed by atoms with Crippen molar-refractivity contribution < 1.29 is 4.74 Å². The molecule has 0 amide bonds. The molecule has 7 nitrogen and oxygen atoms in total. The Morgan fingerprint density at radius 1 is 1.09 bits per heavy atom. The second-order valence-corrected chi connectivity index (χ2v) is 10.0. The van der Waals surface area contributed by atoms with Crippen LogP contribution < -0.4 is 4.90 Å². The van der Waals surface area contributed by atoms with Gasteiger partial charge in [0.1, 0.15) is 12.1 Å². The summed E-state index contributed by atoms with van der Waals surface area (Å²) >= 11 is 0. The van der Waals surface area contributed by atoms with Crippen molar-refractivity contribution in [1.29, 1.82) is 0 Å². The number of benzene rings is 1. The highest BCUT2D eigenvalue weighted by Crippen LogP contribution is 2.43. The molecule has 3 aliphatic rings. The third-order valence-corrected chi connectivity index (χ3v) is 7.96. The van der Waals surface area contributed by atoms with Crippen molar-refractivity contribution in [3.63, 3.8) is 0 Å². The van der Waals surface area contributed by atoms with E-state index in [2.05, 4.69) is 63.0 Å². The number of anilines is 1. The third kappa shape index (κ3) is 3.39. The van der Waals surface area contributed by atoms with Gasteiger partial charge in [-0.05, 0) is 43.2 Å². The van der Waals surface area contributed by atoms with Crippen LogP contribution in [-0.4, -0.2) is 69.6 Å². The summed E-state index contributed by atoms with van der Waals surface area (Å²) < 4.78 is 7.59. The Morgan fingerprint density at radius 3 is 2.72 bits per heavy atom. The highest BCUT2D eigenvalue weighted by atomic mass is 16.5. The molecule has 1 aromatic carbocycles. The molecule has 168 valence electrons. The number of piperazine rings is 1. The van der Waals surface area contributed by atoms with Crippen LogP contribution in [-0.2, 0) is 10.2 Å². The molecule has 0 N–H and O–H groups in total. The normalized spacial score (nSPS) is 25.9. The van der Waals surface area contributed by atoms with E-state index in [0.717, 1.165) is 61.8 Å². The molecule has 1 aliphatic carbocycles. The monoisotopic (exact) mass is 432 g/mol. The van der Waals surface area contributed by atoms with Gasteiger partial charge in [0.2, 0.25) is 0 Å². The zero-order valence-electron chi connectivity index (χ0n) is 19.1. The molecule has 1 saturated carbocycles. The van der Waals surface area contributed by atoms with Crippen molar-refractivity contribution in [1.82, 2.24) is 24.6 Å². The molecule has 3 aromatic rings. The summed E-state index contributed by atoms with van der Waals surface area (Å²) in [6, 6.07) is 9.92. The Kier molecular flexibility index (Phi) is 4.91. The number of hydrogen-bond donors (Lipinski definition) is 0. The van der Waals surface area contributed by atoms with Gasteiger partial charge in [0.25, 0.3) is 0 Å². The van der Waals surface area contributed by atoms with Gasteiger partial charge in [-0.25, -0.2) is 14.6 Å². The van der Waals surface area contributed by atoms with Crippen molar-refractivity contribution >= 4 is 16.7 Å². The highest BCUT2D eigenvalue weighted by Gasteiger charge is 2.34. The van der Waals surface area contributed by atoms with Crippen molar-refractivity contribution in [3.05, 3.63) is 42.4 Å². The number of rotatable bonds is 4. The van der Waals surface area contributed by atoms with E-state index >= 15 is 0 Å². The van der Waals surface area contributed by atoms with Crippen LogP contribution in [0.3, 0.4) is 0 Å². The highest BCUT2D eigenvalue weighted by molar-refractivity contribution is 5.81. The fourth-order valence-corrected chi connectivity index (χ4v) is 5.70. The molecule has 2 saturated heterocycles. The summed E-state index contributed by atoms with van der Waals surface area (Å²) in [7, 11) is 0. The molecule has 32 heavy (non-hydrogen) atoms. The van der Waals surface area contributed by atoms with Gasteiger partial charge < -0.3 is 9.64 Å². The van der Waals surface area contributed by atoms with E-state index in [1.54, 1.807) is 6.33 Å². The lowest BCUT2D eigenvalue weighted by Crippen LogP contribution is -2.55. The predicted octanol–water partition coefficient (Wildman–Crippen LogP) is 3.56. The average Bonchev–Trinajstić information content (AvgIpc) is 3.47. The zero-order valence-corrected chi connectivity index (χ0v) is 19.1. The summed E-state index contributed by atoms with van der Waals surface area (Å²) in [5.41, 5.74) is 2.84. The molecule has 2 aromatic heterocycles. The fourth-order valence-electron chi connectivity index (χ4n) is 5.70. The Balaban J connectivity index is 1.27. The van der Waals surface area contributed by atoms with Crippen molar-refractivity contribution in [2.45, 2.75) is 57.0 Å². The first kappa shape index (κ1) is 20.1. The van der Waals surface area contributed by atoms with Crippen LogP contribution in [0.2, 0.25) is 0 Å². The Labute approximate surface area is 189 Å². The first-order chi connectivity index (χ1) is 15.6. The van der Waals surface area contributed by atoms with Gasteiger partial charge in [-0.3, -0.25) is 4.90 Å². The van der Waals surface area contributed by atoms with Gasteiger partial charge in [-0.2, -0.15) is 5.10 Å². The molecular weight excluding hydrogens is 400 g/mol. The maximum absolute atomic E-state index is 5.62. The quantitative estimate of drug-likeness (QED) is 0.628. The van der Waals surface area contributed by atoms with Crippen LogP contribution in [0.25, 0.3) is 16.7 Å². The van der Waals surface area contributed by atoms with Gasteiger partial charge in [0.05, 0.1) is 18.3 Å². The van der Waals surface area contributed by atoms with Crippen molar-refractivity contribution in [2.24, 2.45) is 0 Å². The lowest BCUT2D eigenvalue weighted by Gasteiger charge is -2.43.